The molecule has 0 bridgehead atoms. The Morgan fingerprint density at radius 1 is 0.273 bits per heavy atom. The minimum absolute atomic E-state index is 1.25. The standard InChI is InChI=1S/C42H26S2/c1-3-9-27(10-4-1)28-15-17-29(18-16-28)31-19-21-37-39(25-31)43-42-38-22-20-32(26-40(38)44-41(37)42)34-24-23-33(30-11-5-2-6-12-30)35-13-7-8-14-36(34)35/h1-26H. The number of hydrogen-bond donors (Lipinski definition) is 0. The first-order valence-corrected chi connectivity index (χ1v) is 16.6. The van der Waals surface area contributed by atoms with Crippen molar-refractivity contribution in [3.05, 3.63) is 158 Å². The van der Waals surface area contributed by atoms with Gasteiger partial charge < -0.3 is 0 Å². The Balaban J connectivity index is 1.10. The van der Waals surface area contributed by atoms with Crippen LogP contribution in [0.1, 0.15) is 0 Å². The van der Waals surface area contributed by atoms with E-state index in [0.29, 0.717) is 0 Å². The average molecular weight is 595 g/mol. The highest BCUT2D eigenvalue weighted by atomic mass is 32.1. The van der Waals surface area contributed by atoms with Gasteiger partial charge in [-0.15, -0.1) is 22.7 Å². The second-order valence-electron chi connectivity index (χ2n) is 11.3. The lowest BCUT2D eigenvalue weighted by Crippen LogP contribution is -1.85. The van der Waals surface area contributed by atoms with E-state index in [4.69, 9.17) is 0 Å². The summed E-state index contributed by atoms with van der Waals surface area (Å²) in [5.41, 5.74) is 10.1. The van der Waals surface area contributed by atoms with Crippen LogP contribution in [0.4, 0.5) is 0 Å². The second kappa shape index (κ2) is 10.3. The van der Waals surface area contributed by atoms with Crippen molar-refractivity contribution in [3.63, 3.8) is 0 Å². The van der Waals surface area contributed by atoms with Gasteiger partial charge >= 0.3 is 0 Å². The lowest BCUT2D eigenvalue weighted by atomic mass is 9.92. The van der Waals surface area contributed by atoms with E-state index < -0.39 is 0 Å². The molecular formula is C42H26S2. The van der Waals surface area contributed by atoms with Gasteiger partial charge in [0.2, 0.25) is 0 Å². The van der Waals surface area contributed by atoms with E-state index in [9.17, 15) is 0 Å². The van der Waals surface area contributed by atoms with E-state index in [2.05, 4.69) is 158 Å². The van der Waals surface area contributed by atoms with Crippen LogP contribution in [0.3, 0.4) is 0 Å². The van der Waals surface area contributed by atoms with E-state index in [0.717, 1.165) is 0 Å². The van der Waals surface area contributed by atoms with Gasteiger partial charge in [0.15, 0.2) is 0 Å². The summed E-state index contributed by atoms with van der Waals surface area (Å²) in [6.45, 7) is 0. The quantitative estimate of drug-likeness (QED) is 0.190. The first-order chi connectivity index (χ1) is 21.8. The highest BCUT2D eigenvalue weighted by Crippen LogP contribution is 2.46. The van der Waals surface area contributed by atoms with Crippen LogP contribution < -0.4 is 0 Å². The fourth-order valence-corrected chi connectivity index (χ4v) is 9.24. The molecule has 0 nitrogen and oxygen atoms in total. The fourth-order valence-electron chi connectivity index (χ4n) is 6.51. The maximum absolute atomic E-state index is 2.39. The van der Waals surface area contributed by atoms with Crippen LogP contribution in [0.2, 0.25) is 0 Å². The number of rotatable bonds is 4. The molecule has 0 aliphatic heterocycles. The summed E-state index contributed by atoms with van der Waals surface area (Å²) in [7, 11) is 0. The molecule has 9 aromatic rings. The summed E-state index contributed by atoms with van der Waals surface area (Å²) < 4.78 is 5.49. The van der Waals surface area contributed by atoms with E-state index in [1.54, 1.807) is 0 Å². The van der Waals surface area contributed by atoms with Crippen molar-refractivity contribution in [2.45, 2.75) is 0 Å². The number of fused-ring (bicyclic) bond motifs is 6. The predicted molar refractivity (Wildman–Crippen MR) is 194 cm³/mol. The van der Waals surface area contributed by atoms with Crippen molar-refractivity contribution in [1.29, 1.82) is 0 Å². The highest BCUT2D eigenvalue weighted by Gasteiger charge is 2.15. The van der Waals surface area contributed by atoms with Gasteiger partial charge in [0.1, 0.15) is 0 Å². The van der Waals surface area contributed by atoms with Crippen LogP contribution in [-0.4, -0.2) is 0 Å². The summed E-state index contributed by atoms with van der Waals surface area (Å²) in [5.74, 6) is 0. The van der Waals surface area contributed by atoms with Gasteiger partial charge in [0.25, 0.3) is 0 Å². The topological polar surface area (TPSA) is 0 Å². The lowest BCUT2D eigenvalue weighted by Gasteiger charge is -2.12. The van der Waals surface area contributed by atoms with Gasteiger partial charge in [0, 0.05) is 20.2 Å². The number of hydrogen-bond acceptors (Lipinski definition) is 2. The van der Waals surface area contributed by atoms with Crippen molar-refractivity contribution in [3.8, 4) is 44.5 Å². The molecule has 2 aromatic heterocycles. The average Bonchev–Trinajstić information content (AvgIpc) is 3.64. The minimum atomic E-state index is 1.25. The third-order valence-corrected chi connectivity index (χ3v) is 11.2. The zero-order valence-electron chi connectivity index (χ0n) is 23.8. The van der Waals surface area contributed by atoms with E-state index in [1.165, 1.54) is 84.9 Å². The third kappa shape index (κ3) is 4.18. The Bertz CT molecular complexity index is 2460. The predicted octanol–water partition coefficient (Wildman–Crippen LogP) is 13.1. The van der Waals surface area contributed by atoms with Crippen molar-refractivity contribution >= 4 is 63.0 Å². The Hall–Kier alpha value is -5.02. The molecule has 0 saturated carbocycles. The lowest BCUT2D eigenvalue weighted by molar-refractivity contribution is 1.60. The molecule has 0 aliphatic rings. The zero-order chi connectivity index (χ0) is 29.0. The molecule has 0 aliphatic carbocycles. The van der Waals surface area contributed by atoms with Crippen LogP contribution >= 0.6 is 22.7 Å². The summed E-state index contributed by atoms with van der Waals surface area (Å²) in [6.07, 6.45) is 0. The maximum atomic E-state index is 2.39. The molecule has 206 valence electrons. The first-order valence-electron chi connectivity index (χ1n) is 14.9. The number of thiophene rings is 2. The van der Waals surface area contributed by atoms with Crippen LogP contribution in [0.25, 0.3) is 84.9 Å². The summed E-state index contributed by atoms with van der Waals surface area (Å²) >= 11 is 3.84. The molecule has 0 unspecified atom stereocenters. The third-order valence-electron chi connectivity index (χ3n) is 8.73. The second-order valence-corrected chi connectivity index (χ2v) is 13.4. The molecule has 2 heteroatoms. The molecule has 0 saturated heterocycles. The SMILES string of the molecule is c1ccc(-c2ccc(-c3ccc4c(c3)sc3c5ccc(-c6ccc(-c7ccccc7)c7ccccc67)cc5sc43)cc2)cc1. The largest absolute Gasteiger partial charge is 0.134 e. The van der Waals surface area contributed by atoms with Crippen molar-refractivity contribution in [2.24, 2.45) is 0 Å². The minimum Gasteiger partial charge on any atom is -0.134 e. The zero-order valence-corrected chi connectivity index (χ0v) is 25.5. The van der Waals surface area contributed by atoms with Crippen molar-refractivity contribution < 1.29 is 0 Å². The Kier molecular flexibility index (Phi) is 5.97. The molecule has 2 heterocycles. The van der Waals surface area contributed by atoms with Gasteiger partial charge in [0.05, 0.1) is 9.40 Å². The number of benzene rings is 7. The van der Waals surface area contributed by atoms with Crippen molar-refractivity contribution in [1.82, 2.24) is 0 Å². The van der Waals surface area contributed by atoms with Gasteiger partial charge in [-0.3, -0.25) is 0 Å². The molecule has 0 spiro atoms. The molecule has 0 N–H and O–H groups in total. The molecule has 7 aromatic carbocycles. The van der Waals surface area contributed by atoms with Gasteiger partial charge in [-0.25, -0.2) is 0 Å². The monoisotopic (exact) mass is 594 g/mol. The molecule has 0 radical (unpaired) electrons. The molecule has 0 fully saturated rings. The summed E-state index contributed by atoms with van der Waals surface area (Å²) in [5, 5.41) is 5.30. The molecule has 0 atom stereocenters. The Morgan fingerprint density at radius 2 is 0.682 bits per heavy atom. The van der Waals surface area contributed by atoms with Crippen LogP contribution in [0.5, 0.6) is 0 Å². The molecule has 44 heavy (non-hydrogen) atoms. The molecule has 0 amide bonds. The van der Waals surface area contributed by atoms with Crippen molar-refractivity contribution in [2.75, 3.05) is 0 Å². The maximum Gasteiger partial charge on any atom is 0.0542 e. The van der Waals surface area contributed by atoms with Gasteiger partial charge in [-0.2, -0.15) is 0 Å². The first kappa shape index (κ1) is 25.5. The van der Waals surface area contributed by atoms with E-state index in [-0.39, 0.29) is 0 Å². The Labute approximate surface area is 264 Å². The molecular weight excluding hydrogens is 569 g/mol. The van der Waals surface area contributed by atoms with E-state index >= 15 is 0 Å². The van der Waals surface area contributed by atoms with Gasteiger partial charge in [-0.1, -0.05) is 146 Å². The Morgan fingerprint density at radius 3 is 1.27 bits per heavy atom. The van der Waals surface area contributed by atoms with Crippen LogP contribution in [-0.2, 0) is 0 Å². The summed E-state index contributed by atoms with van der Waals surface area (Å²) in [4.78, 5) is 0. The highest BCUT2D eigenvalue weighted by molar-refractivity contribution is 7.36. The normalized spacial score (nSPS) is 11.6. The van der Waals surface area contributed by atoms with Crippen LogP contribution in [0, 0.1) is 0 Å². The fraction of sp³-hybridized carbons (Fsp3) is 0. The summed E-state index contributed by atoms with van der Waals surface area (Å²) in [6, 6.07) is 57.6. The van der Waals surface area contributed by atoms with E-state index in [1.807, 2.05) is 22.7 Å². The molecule has 9 rings (SSSR count). The van der Waals surface area contributed by atoms with Crippen LogP contribution in [0.15, 0.2) is 158 Å². The van der Waals surface area contributed by atoms with Gasteiger partial charge in [-0.05, 0) is 67.4 Å². The smallest absolute Gasteiger partial charge is 0.0542 e.